The van der Waals surface area contributed by atoms with E-state index < -0.39 is 0 Å². The molecular formula is C14H21NO3. The minimum Gasteiger partial charge on any atom is -0.496 e. The van der Waals surface area contributed by atoms with Gasteiger partial charge >= 0.3 is 0 Å². The highest BCUT2D eigenvalue weighted by Gasteiger charge is 2.39. The third kappa shape index (κ3) is 2.44. The molecule has 0 atom stereocenters. The van der Waals surface area contributed by atoms with Gasteiger partial charge in [-0.1, -0.05) is 0 Å². The molecule has 1 N–H and O–H groups in total. The molecule has 1 aromatic carbocycles. The van der Waals surface area contributed by atoms with Gasteiger partial charge in [0.2, 0.25) is 0 Å². The zero-order valence-electron chi connectivity index (χ0n) is 11.3. The first kappa shape index (κ1) is 13.2. The van der Waals surface area contributed by atoms with Gasteiger partial charge in [-0.3, -0.25) is 0 Å². The molecule has 0 spiro atoms. The van der Waals surface area contributed by atoms with Gasteiger partial charge in [-0.15, -0.1) is 0 Å². The van der Waals surface area contributed by atoms with E-state index in [0.29, 0.717) is 13.2 Å². The standard InChI is InChI=1S/C14H21NO3/c1-11-6-12(4-5-13(11)17-3)15(2)7-14(8-16)9-18-10-14/h4-6,16H,7-10H2,1-3H3. The van der Waals surface area contributed by atoms with E-state index in [1.807, 2.05) is 26.1 Å². The van der Waals surface area contributed by atoms with Crippen molar-refractivity contribution in [2.45, 2.75) is 6.92 Å². The topological polar surface area (TPSA) is 41.9 Å². The second-order valence-electron chi connectivity index (χ2n) is 5.16. The number of aryl methyl sites for hydroxylation is 1. The van der Waals surface area contributed by atoms with Crippen LogP contribution in [0.4, 0.5) is 5.69 Å². The van der Waals surface area contributed by atoms with Crippen molar-refractivity contribution in [2.75, 3.05) is 45.4 Å². The van der Waals surface area contributed by atoms with Crippen LogP contribution in [0.15, 0.2) is 18.2 Å². The lowest BCUT2D eigenvalue weighted by Crippen LogP contribution is -2.52. The van der Waals surface area contributed by atoms with Crippen molar-refractivity contribution in [1.82, 2.24) is 0 Å². The first-order valence-electron chi connectivity index (χ1n) is 6.15. The van der Waals surface area contributed by atoms with Crippen molar-refractivity contribution in [3.05, 3.63) is 23.8 Å². The summed E-state index contributed by atoms with van der Waals surface area (Å²) in [7, 11) is 3.72. The minimum absolute atomic E-state index is 0.0947. The van der Waals surface area contributed by atoms with E-state index in [0.717, 1.165) is 23.5 Å². The molecule has 1 heterocycles. The highest BCUT2D eigenvalue weighted by molar-refractivity contribution is 5.52. The molecule has 100 valence electrons. The van der Waals surface area contributed by atoms with E-state index >= 15 is 0 Å². The van der Waals surface area contributed by atoms with Gasteiger partial charge in [0.05, 0.1) is 32.3 Å². The molecule has 4 nitrogen and oxygen atoms in total. The summed E-state index contributed by atoms with van der Waals surface area (Å²) in [5.41, 5.74) is 2.15. The second kappa shape index (κ2) is 5.16. The Morgan fingerprint density at radius 1 is 1.44 bits per heavy atom. The van der Waals surface area contributed by atoms with E-state index in [1.165, 1.54) is 0 Å². The largest absolute Gasteiger partial charge is 0.496 e. The number of ether oxygens (including phenoxy) is 2. The van der Waals surface area contributed by atoms with Gasteiger partial charge in [-0.25, -0.2) is 0 Å². The monoisotopic (exact) mass is 251 g/mol. The molecule has 0 amide bonds. The predicted molar refractivity (Wildman–Crippen MR) is 71.3 cm³/mol. The van der Waals surface area contributed by atoms with Crippen LogP contribution in [0, 0.1) is 12.3 Å². The lowest BCUT2D eigenvalue weighted by molar-refractivity contribution is -0.130. The molecule has 0 aromatic heterocycles. The van der Waals surface area contributed by atoms with Crippen LogP contribution in [-0.2, 0) is 4.74 Å². The Balaban J connectivity index is 2.09. The van der Waals surface area contributed by atoms with Gasteiger partial charge in [-0.2, -0.15) is 0 Å². The Hall–Kier alpha value is -1.26. The van der Waals surface area contributed by atoms with E-state index in [-0.39, 0.29) is 12.0 Å². The van der Waals surface area contributed by atoms with Gasteiger partial charge in [0.15, 0.2) is 0 Å². The molecule has 0 radical (unpaired) electrons. The fraction of sp³-hybridized carbons (Fsp3) is 0.571. The normalized spacial score (nSPS) is 17.1. The number of hydrogen-bond donors (Lipinski definition) is 1. The second-order valence-corrected chi connectivity index (χ2v) is 5.16. The maximum Gasteiger partial charge on any atom is 0.121 e. The Labute approximate surface area is 108 Å². The summed E-state index contributed by atoms with van der Waals surface area (Å²) in [5.74, 6) is 0.899. The average molecular weight is 251 g/mol. The molecule has 1 saturated heterocycles. The minimum atomic E-state index is -0.0947. The molecule has 1 aromatic rings. The van der Waals surface area contributed by atoms with Crippen molar-refractivity contribution >= 4 is 5.69 Å². The number of benzene rings is 1. The lowest BCUT2D eigenvalue weighted by atomic mass is 9.86. The Kier molecular flexibility index (Phi) is 3.78. The molecule has 0 bridgehead atoms. The third-order valence-electron chi connectivity index (χ3n) is 3.54. The van der Waals surface area contributed by atoms with E-state index in [2.05, 4.69) is 11.0 Å². The first-order chi connectivity index (χ1) is 8.60. The molecule has 1 aliphatic heterocycles. The summed E-state index contributed by atoms with van der Waals surface area (Å²) in [6.07, 6.45) is 0. The predicted octanol–water partition coefficient (Wildman–Crippen LogP) is 1.45. The Morgan fingerprint density at radius 2 is 2.17 bits per heavy atom. The molecule has 2 rings (SSSR count). The molecule has 4 heteroatoms. The highest BCUT2D eigenvalue weighted by atomic mass is 16.5. The van der Waals surface area contributed by atoms with Gasteiger partial charge < -0.3 is 19.5 Å². The van der Waals surface area contributed by atoms with Crippen molar-refractivity contribution < 1.29 is 14.6 Å². The maximum atomic E-state index is 9.44. The number of aliphatic hydroxyl groups is 1. The third-order valence-corrected chi connectivity index (χ3v) is 3.54. The lowest BCUT2D eigenvalue weighted by Gasteiger charge is -2.42. The summed E-state index contributed by atoms with van der Waals surface area (Å²) >= 11 is 0. The number of hydrogen-bond acceptors (Lipinski definition) is 4. The molecule has 0 saturated carbocycles. The number of methoxy groups -OCH3 is 1. The van der Waals surface area contributed by atoms with E-state index in [9.17, 15) is 5.11 Å². The average Bonchev–Trinajstić information content (AvgIpc) is 2.33. The quantitative estimate of drug-likeness (QED) is 0.860. The van der Waals surface area contributed by atoms with Crippen molar-refractivity contribution in [1.29, 1.82) is 0 Å². The molecule has 1 aliphatic rings. The smallest absolute Gasteiger partial charge is 0.121 e. The summed E-state index contributed by atoms with van der Waals surface area (Å²) in [6, 6.07) is 6.11. The Morgan fingerprint density at radius 3 is 2.61 bits per heavy atom. The summed E-state index contributed by atoms with van der Waals surface area (Å²) in [6.45, 7) is 4.29. The molecule has 0 aliphatic carbocycles. The molecule has 0 unspecified atom stereocenters. The van der Waals surface area contributed by atoms with Crippen LogP contribution in [0.1, 0.15) is 5.56 Å². The van der Waals surface area contributed by atoms with Gasteiger partial charge in [0.1, 0.15) is 5.75 Å². The fourth-order valence-electron chi connectivity index (χ4n) is 2.32. The van der Waals surface area contributed by atoms with Crippen molar-refractivity contribution in [3.63, 3.8) is 0 Å². The van der Waals surface area contributed by atoms with Crippen LogP contribution in [0.25, 0.3) is 0 Å². The van der Waals surface area contributed by atoms with Gasteiger partial charge in [-0.05, 0) is 30.7 Å². The molecule has 18 heavy (non-hydrogen) atoms. The van der Waals surface area contributed by atoms with E-state index in [1.54, 1.807) is 7.11 Å². The number of rotatable bonds is 5. The van der Waals surface area contributed by atoms with Gasteiger partial charge in [0, 0.05) is 19.3 Å². The summed E-state index contributed by atoms with van der Waals surface area (Å²) < 4.78 is 10.5. The molecular weight excluding hydrogens is 230 g/mol. The van der Waals surface area contributed by atoms with Crippen molar-refractivity contribution in [3.8, 4) is 5.75 Å². The zero-order chi connectivity index (χ0) is 13.2. The van der Waals surface area contributed by atoms with Crippen LogP contribution in [0.2, 0.25) is 0 Å². The fourth-order valence-corrected chi connectivity index (χ4v) is 2.32. The van der Waals surface area contributed by atoms with Crippen LogP contribution in [0.5, 0.6) is 5.75 Å². The SMILES string of the molecule is COc1ccc(N(C)CC2(CO)COC2)cc1C. The highest BCUT2D eigenvalue weighted by Crippen LogP contribution is 2.30. The van der Waals surface area contributed by atoms with Crippen LogP contribution in [-0.4, -0.2) is 45.6 Å². The summed E-state index contributed by atoms with van der Waals surface area (Å²) in [5, 5.41) is 9.44. The maximum absolute atomic E-state index is 9.44. The zero-order valence-corrected chi connectivity index (χ0v) is 11.3. The number of nitrogens with zero attached hydrogens (tertiary/aromatic N) is 1. The molecule has 1 fully saturated rings. The van der Waals surface area contributed by atoms with Crippen LogP contribution in [0.3, 0.4) is 0 Å². The summed E-state index contributed by atoms with van der Waals surface area (Å²) in [4.78, 5) is 2.16. The van der Waals surface area contributed by atoms with E-state index in [4.69, 9.17) is 9.47 Å². The van der Waals surface area contributed by atoms with Crippen LogP contribution >= 0.6 is 0 Å². The Bertz CT molecular complexity index is 410. The van der Waals surface area contributed by atoms with Gasteiger partial charge in [0.25, 0.3) is 0 Å². The first-order valence-corrected chi connectivity index (χ1v) is 6.15. The van der Waals surface area contributed by atoms with Crippen molar-refractivity contribution in [2.24, 2.45) is 5.41 Å². The number of anilines is 1. The van der Waals surface area contributed by atoms with Crippen LogP contribution < -0.4 is 9.64 Å². The number of aliphatic hydroxyl groups excluding tert-OH is 1.